The molecule has 224 valence electrons. The Morgan fingerprint density at radius 3 is 2.39 bits per heavy atom. The molecule has 1 saturated heterocycles. The highest BCUT2D eigenvalue weighted by molar-refractivity contribution is 5.79. The molecule has 0 unspecified atom stereocenters. The molecule has 1 N–H and O–H groups in total. The highest BCUT2D eigenvalue weighted by atomic mass is 16.7. The molecule has 9 heteroatoms. The van der Waals surface area contributed by atoms with Crippen molar-refractivity contribution >= 4 is 11.9 Å². The molecule has 1 amide bonds. The Balaban J connectivity index is 1.66. The number of ether oxygens (including phenoxy) is 4. The van der Waals surface area contributed by atoms with E-state index >= 15 is 0 Å². The number of carboxylic acid groups (broad SMARTS) is 1. The maximum Gasteiger partial charge on any atom is 0.308 e. The highest BCUT2D eigenvalue weighted by Gasteiger charge is 2.47. The number of hydrogen-bond donors (Lipinski definition) is 1. The Hall–Kier alpha value is -3.46. The van der Waals surface area contributed by atoms with Gasteiger partial charge in [0.25, 0.3) is 0 Å². The lowest BCUT2D eigenvalue weighted by atomic mass is 9.83. The third-order valence-electron chi connectivity index (χ3n) is 8.30. The van der Waals surface area contributed by atoms with Crippen molar-refractivity contribution < 1.29 is 33.6 Å². The smallest absolute Gasteiger partial charge is 0.308 e. The van der Waals surface area contributed by atoms with Gasteiger partial charge in [0.15, 0.2) is 11.5 Å². The maximum atomic E-state index is 13.7. The number of rotatable bonds is 15. The van der Waals surface area contributed by atoms with Crippen LogP contribution in [0.1, 0.15) is 63.0 Å². The van der Waals surface area contributed by atoms with Gasteiger partial charge in [-0.2, -0.15) is 0 Å². The zero-order chi connectivity index (χ0) is 29.4. The fourth-order valence-electron chi connectivity index (χ4n) is 6.10. The molecular formula is C32H44N2O7. The first-order valence-corrected chi connectivity index (χ1v) is 14.8. The Kier molecular flexibility index (Phi) is 10.7. The van der Waals surface area contributed by atoms with Gasteiger partial charge >= 0.3 is 5.97 Å². The van der Waals surface area contributed by atoms with Crippen LogP contribution in [0.2, 0.25) is 0 Å². The summed E-state index contributed by atoms with van der Waals surface area (Å²) in [7, 11) is 3.20. The highest BCUT2D eigenvalue weighted by Crippen LogP contribution is 2.47. The SMILES string of the molecule is CCCCN(CCCC)C(=O)CN1C[C@H](c2cc(OC)c3c(c2)OCO3)[C@@H](C(=O)O)[C@@H]1CCc1ccccc1OC. The van der Waals surface area contributed by atoms with E-state index in [2.05, 4.69) is 18.7 Å². The van der Waals surface area contributed by atoms with E-state index in [-0.39, 0.29) is 31.2 Å². The van der Waals surface area contributed by atoms with Crippen molar-refractivity contribution in [2.75, 3.05) is 47.2 Å². The lowest BCUT2D eigenvalue weighted by Gasteiger charge is -2.30. The molecule has 2 aromatic rings. The normalized spacial score (nSPS) is 19.8. The van der Waals surface area contributed by atoms with E-state index in [1.807, 2.05) is 41.3 Å². The van der Waals surface area contributed by atoms with E-state index in [0.717, 1.165) is 55.6 Å². The average molecular weight is 569 g/mol. The summed E-state index contributed by atoms with van der Waals surface area (Å²) < 4.78 is 22.4. The Bertz CT molecular complexity index is 1180. The predicted molar refractivity (Wildman–Crippen MR) is 156 cm³/mol. The summed E-state index contributed by atoms with van der Waals surface area (Å²) in [5.41, 5.74) is 1.83. The molecule has 2 heterocycles. The summed E-state index contributed by atoms with van der Waals surface area (Å²) in [5.74, 6) is 0.486. The van der Waals surface area contributed by atoms with E-state index in [1.54, 1.807) is 14.2 Å². The first-order chi connectivity index (χ1) is 19.9. The minimum absolute atomic E-state index is 0.0576. The topological polar surface area (TPSA) is 97.8 Å². The van der Waals surface area contributed by atoms with Crippen LogP contribution in [0.4, 0.5) is 0 Å². The van der Waals surface area contributed by atoms with Crippen LogP contribution in [0.15, 0.2) is 36.4 Å². The Labute approximate surface area is 243 Å². The molecule has 9 nitrogen and oxygen atoms in total. The van der Waals surface area contributed by atoms with Crippen molar-refractivity contribution in [2.24, 2.45) is 5.92 Å². The third kappa shape index (κ3) is 7.07. The van der Waals surface area contributed by atoms with Crippen LogP contribution >= 0.6 is 0 Å². The molecule has 41 heavy (non-hydrogen) atoms. The van der Waals surface area contributed by atoms with Crippen molar-refractivity contribution in [1.82, 2.24) is 9.80 Å². The number of methoxy groups -OCH3 is 2. The quantitative estimate of drug-likeness (QED) is 0.322. The Morgan fingerprint density at radius 2 is 1.73 bits per heavy atom. The van der Waals surface area contributed by atoms with Gasteiger partial charge in [0.1, 0.15) is 5.75 Å². The average Bonchev–Trinajstić information content (AvgIpc) is 3.60. The van der Waals surface area contributed by atoms with Crippen LogP contribution in [-0.4, -0.2) is 80.0 Å². The van der Waals surface area contributed by atoms with Gasteiger partial charge < -0.3 is 29.0 Å². The number of benzene rings is 2. The Morgan fingerprint density at radius 1 is 1.02 bits per heavy atom. The van der Waals surface area contributed by atoms with Crippen molar-refractivity contribution in [1.29, 1.82) is 0 Å². The zero-order valence-electron chi connectivity index (χ0n) is 24.8. The predicted octanol–water partition coefficient (Wildman–Crippen LogP) is 4.96. The summed E-state index contributed by atoms with van der Waals surface area (Å²) in [6.07, 6.45) is 5.13. The first-order valence-electron chi connectivity index (χ1n) is 14.8. The molecule has 2 aromatic carbocycles. The minimum atomic E-state index is -0.875. The first kappa shape index (κ1) is 30.5. The molecule has 0 saturated carbocycles. The molecule has 1 fully saturated rings. The number of nitrogens with zero attached hydrogens (tertiary/aromatic N) is 2. The van der Waals surface area contributed by atoms with E-state index in [4.69, 9.17) is 18.9 Å². The van der Waals surface area contributed by atoms with Gasteiger partial charge in [-0.1, -0.05) is 44.9 Å². The van der Waals surface area contributed by atoms with Crippen molar-refractivity contribution in [2.45, 2.75) is 64.3 Å². The lowest BCUT2D eigenvalue weighted by Crippen LogP contribution is -2.44. The molecule has 2 aliphatic rings. The fraction of sp³-hybridized carbons (Fsp3) is 0.562. The van der Waals surface area contributed by atoms with Gasteiger partial charge in [0, 0.05) is 31.6 Å². The second-order valence-electron chi connectivity index (χ2n) is 10.9. The van der Waals surface area contributed by atoms with Crippen LogP contribution in [0.25, 0.3) is 0 Å². The molecule has 0 radical (unpaired) electrons. The van der Waals surface area contributed by atoms with Gasteiger partial charge in [-0.25, -0.2) is 0 Å². The summed E-state index contributed by atoms with van der Waals surface area (Å²) in [6.45, 7) is 6.41. The van der Waals surface area contributed by atoms with E-state index in [0.29, 0.717) is 36.6 Å². The van der Waals surface area contributed by atoms with Crippen molar-refractivity contribution in [3.63, 3.8) is 0 Å². The van der Waals surface area contributed by atoms with E-state index < -0.39 is 11.9 Å². The summed E-state index contributed by atoms with van der Waals surface area (Å²) in [4.78, 5) is 30.6. The zero-order valence-corrected chi connectivity index (χ0v) is 24.8. The number of aliphatic carboxylic acids is 1. The van der Waals surface area contributed by atoms with Crippen LogP contribution in [0, 0.1) is 5.92 Å². The molecule has 3 atom stereocenters. The number of aryl methyl sites for hydroxylation is 1. The number of unbranched alkanes of at least 4 members (excludes halogenated alkanes) is 2. The van der Waals surface area contributed by atoms with Gasteiger partial charge in [0.05, 0.1) is 26.7 Å². The standard InChI is InChI=1S/C32H44N2O7/c1-5-7-15-33(16-8-6-2)29(35)20-34-19-24(23-17-27(39-4)31-28(18-23)40-21-41-31)30(32(36)37)25(34)14-13-22-11-9-10-12-26(22)38-3/h9-12,17-18,24-25,30H,5-8,13-16,19-21H2,1-4H3,(H,36,37)/t24-,25+,30-/m1/s1. The third-order valence-corrected chi connectivity index (χ3v) is 8.30. The van der Waals surface area contributed by atoms with Crippen LogP contribution < -0.4 is 18.9 Å². The number of hydrogen-bond acceptors (Lipinski definition) is 7. The number of para-hydroxylation sites is 1. The van der Waals surface area contributed by atoms with Crippen LogP contribution in [0.5, 0.6) is 23.0 Å². The van der Waals surface area contributed by atoms with Crippen LogP contribution in [-0.2, 0) is 16.0 Å². The van der Waals surface area contributed by atoms with Crippen LogP contribution in [0.3, 0.4) is 0 Å². The second kappa shape index (κ2) is 14.4. The fourth-order valence-corrected chi connectivity index (χ4v) is 6.10. The van der Waals surface area contributed by atoms with Gasteiger partial charge in [-0.3, -0.25) is 14.5 Å². The van der Waals surface area contributed by atoms with Gasteiger partial charge in [-0.05, 0) is 55.0 Å². The monoisotopic (exact) mass is 568 g/mol. The number of carbonyl (C=O) groups excluding carboxylic acids is 1. The van der Waals surface area contributed by atoms with Gasteiger partial charge in [-0.15, -0.1) is 0 Å². The molecule has 0 bridgehead atoms. The number of carboxylic acids is 1. The molecule has 0 aliphatic carbocycles. The van der Waals surface area contributed by atoms with E-state index in [9.17, 15) is 14.7 Å². The summed E-state index contributed by atoms with van der Waals surface area (Å²) >= 11 is 0. The maximum absolute atomic E-state index is 13.7. The second-order valence-corrected chi connectivity index (χ2v) is 10.9. The van der Waals surface area contributed by atoms with Crippen molar-refractivity contribution in [3.8, 4) is 23.0 Å². The largest absolute Gasteiger partial charge is 0.496 e. The molecule has 2 aliphatic heterocycles. The molecular weight excluding hydrogens is 524 g/mol. The molecule has 0 spiro atoms. The number of amides is 1. The molecule has 0 aromatic heterocycles. The van der Waals surface area contributed by atoms with Crippen molar-refractivity contribution in [3.05, 3.63) is 47.5 Å². The number of likely N-dealkylation sites (tertiary alicyclic amines) is 1. The minimum Gasteiger partial charge on any atom is -0.496 e. The van der Waals surface area contributed by atoms with Gasteiger partial charge in [0.2, 0.25) is 18.4 Å². The summed E-state index contributed by atoms with van der Waals surface area (Å²) in [5, 5.41) is 10.6. The van der Waals surface area contributed by atoms with E-state index in [1.165, 1.54) is 0 Å². The number of fused-ring (bicyclic) bond motifs is 1. The molecule has 4 rings (SSSR count). The lowest BCUT2D eigenvalue weighted by molar-refractivity contribution is -0.143. The summed E-state index contributed by atoms with van der Waals surface area (Å²) in [6, 6.07) is 11.2. The number of carbonyl (C=O) groups is 2.